The van der Waals surface area contributed by atoms with Crippen molar-refractivity contribution in [2.45, 2.75) is 45.8 Å². The van der Waals surface area contributed by atoms with Crippen LogP contribution < -0.4 is 0 Å². The average Bonchev–Trinajstić information content (AvgIpc) is 1.85. The topological polar surface area (TPSA) is 40.1 Å². The number of rotatable bonds is 4. The highest BCUT2D eigenvalue weighted by Gasteiger charge is 2.23. The summed E-state index contributed by atoms with van der Waals surface area (Å²) in [6.45, 7) is 9.88. The van der Waals surface area contributed by atoms with Crippen LogP contribution in [0.2, 0.25) is 0 Å². The van der Waals surface area contributed by atoms with Crippen LogP contribution in [-0.2, 0) is 11.1 Å². The molecule has 0 aromatic heterocycles. The second-order valence-electron chi connectivity index (χ2n) is 4.42. The van der Waals surface area contributed by atoms with Crippen LogP contribution in [-0.4, -0.2) is 13.5 Å². The van der Waals surface area contributed by atoms with Gasteiger partial charge in [0, 0.05) is 4.75 Å². The highest BCUT2D eigenvalue weighted by atomic mass is 32.2. The van der Waals surface area contributed by atoms with E-state index in [0.29, 0.717) is 11.8 Å². The van der Waals surface area contributed by atoms with Crippen LogP contribution in [0.5, 0.6) is 0 Å². The van der Waals surface area contributed by atoms with Crippen LogP contribution >= 0.6 is 0 Å². The predicted molar refractivity (Wildman–Crippen MR) is 51.6 cm³/mol. The molecule has 0 rings (SSSR count). The molecule has 0 aliphatic rings. The monoisotopic (exact) mass is 191 g/mol. The molecule has 0 aliphatic carbocycles. The van der Waals surface area contributed by atoms with Crippen molar-refractivity contribution < 1.29 is 8.76 Å². The summed E-state index contributed by atoms with van der Waals surface area (Å²) in [5, 5.41) is 0. The summed E-state index contributed by atoms with van der Waals surface area (Å²) < 4.78 is 21.0. The Hall–Kier alpha value is 0.110. The molecule has 0 aromatic carbocycles. The van der Waals surface area contributed by atoms with Crippen LogP contribution in [0.25, 0.3) is 0 Å². The van der Waals surface area contributed by atoms with Gasteiger partial charge in [-0.25, -0.2) is 0 Å². The molecule has 0 fully saturated rings. The Morgan fingerprint density at radius 3 is 2.00 bits per heavy atom. The van der Waals surface area contributed by atoms with Crippen LogP contribution in [0.4, 0.5) is 0 Å². The largest absolute Gasteiger partial charge is 0.772 e. The third kappa shape index (κ3) is 3.68. The van der Waals surface area contributed by atoms with E-state index in [4.69, 9.17) is 0 Å². The van der Waals surface area contributed by atoms with Gasteiger partial charge in [-0.1, -0.05) is 20.8 Å². The number of hydrogen-bond acceptors (Lipinski definition) is 2. The van der Waals surface area contributed by atoms with Crippen LogP contribution in [0.3, 0.4) is 0 Å². The minimum absolute atomic E-state index is 0.456. The summed E-state index contributed by atoms with van der Waals surface area (Å²) in [5.41, 5.74) is 0. The molecule has 0 saturated heterocycles. The van der Waals surface area contributed by atoms with Gasteiger partial charge in [-0.15, -0.1) is 0 Å². The molecule has 74 valence electrons. The highest BCUT2D eigenvalue weighted by molar-refractivity contribution is 7.80. The first-order chi connectivity index (χ1) is 5.27. The molecule has 0 amide bonds. The Morgan fingerprint density at radius 2 is 1.75 bits per heavy atom. The summed E-state index contributed by atoms with van der Waals surface area (Å²) in [6.07, 6.45) is 0.737. The van der Waals surface area contributed by atoms with E-state index in [2.05, 4.69) is 20.8 Å². The molecule has 0 spiro atoms. The van der Waals surface area contributed by atoms with Gasteiger partial charge >= 0.3 is 0 Å². The molecule has 0 N–H and O–H groups in total. The summed E-state index contributed by atoms with van der Waals surface area (Å²) in [5.74, 6) is 1.01. The quantitative estimate of drug-likeness (QED) is 0.640. The van der Waals surface area contributed by atoms with Crippen molar-refractivity contribution in [2.24, 2.45) is 11.8 Å². The summed E-state index contributed by atoms with van der Waals surface area (Å²) in [7, 11) is 0. The van der Waals surface area contributed by atoms with Gasteiger partial charge in [-0.2, -0.15) is 0 Å². The zero-order valence-electron chi connectivity index (χ0n) is 8.59. The Kier molecular flexibility index (Phi) is 4.42. The maximum absolute atomic E-state index is 10.8. The van der Waals surface area contributed by atoms with Gasteiger partial charge in [0.1, 0.15) is 0 Å². The maximum Gasteiger partial charge on any atom is 0.0274 e. The van der Waals surface area contributed by atoms with Crippen molar-refractivity contribution in [2.75, 3.05) is 0 Å². The highest BCUT2D eigenvalue weighted by Crippen LogP contribution is 2.25. The predicted octanol–water partition coefficient (Wildman–Crippen LogP) is 2.33. The van der Waals surface area contributed by atoms with Crippen molar-refractivity contribution in [3.63, 3.8) is 0 Å². The normalized spacial score (nSPS) is 17.9. The lowest BCUT2D eigenvalue weighted by Gasteiger charge is -2.31. The minimum Gasteiger partial charge on any atom is -0.772 e. The van der Waals surface area contributed by atoms with Crippen molar-refractivity contribution in [3.8, 4) is 0 Å². The molecule has 0 saturated carbocycles. The first-order valence-electron chi connectivity index (χ1n) is 4.36. The Bertz CT molecular complexity index is 164. The lowest BCUT2D eigenvalue weighted by molar-refractivity contribution is 0.346. The lowest BCUT2D eigenvalue weighted by atomic mass is 9.89. The van der Waals surface area contributed by atoms with E-state index < -0.39 is 15.8 Å². The smallest absolute Gasteiger partial charge is 0.0274 e. The number of hydrogen-bond donors (Lipinski definition) is 0. The molecule has 0 aromatic rings. The summed E-state index contributed by atoms with van der Waals surface area (Å²) in [4.78, 5) is 0. The Balaban J connectivity index is 4.15. The average molecular weight is 191 g/mol. The van der Waals surface area contributed by atoms with Crippen molar-refractivity contribution in [3.05, 3.63) is 0 Å². The molecule has 12 heavy (non-hydrogen) atoms. The van der Waals surface area contributed by atoms with E-state index in [-0.39, 0.29) is 0 Å². The van der Waals surface area contributed by atoms with Gasteiger partial charge in [0.25, 0.3) is 0 Å². The van der Waals surface area contributed by atoms with Gasteiger partial charge in [-0.3, -0.25) is 4.21 Å². The van der Waals surface area contributed by atoms with E-state index in [1.807, 2.05) is 0 Å². The van der Waals surface area contributed by atoms with Crippen molar-refractivity contribution in [1.82, 2.24) is 0 Å². The molecule has 0 bridgehead atoms. The fourth-order valence-electron chi connectivity index (χ4n) is 1.08. The van der Waals surface area contributed by atoms with E-state index in [9.17, 15) is 8.76 Å². The molecule has 2 unspecified atom stereocenters. The Labute approximate surface area is 78.0 Å². The van der Waals surface area contributed by atoms with Crippen molar-refractivity contribution in [1.29, 1.82) is 0 Å². The maximum atomic E-state index is 10.8. The van der Waals surface area contributed by atoms with Gasteiger partial charge < -0.3 is 4.55 Å². The third-order valence-electron chi connectivity index (χ3n) is 2.40. The minimum atomic E-state index is -1.96. The molecule has 2 nitrogen and oxygen atoms in total. The van der Waals surface area contributed by atoms with E-state index in [0.717, 1.165) is 6.42 Å². The molecule has 0 aliphatic heterocycles. The third-order valence-corrected chi connectivity index (χ3v) is 3.47. The van der Waals surface area contributed by atoms with Gasteiger partial charge in [0.2, 0.25) is 0 Å². The molecule has 3 heteroatoms. The van der Waals surface area contributed by atoms with E-state index in [1.165, 1.54) is 0 Å². The second-order valence-corrected chi connectivity index (χ2v) is 5.99. The molecular formula is C9H19O2S-. The van der Waals surface area contributed by atoms with Crippen LogP contribution in [0, 0.1) is 11.8 Å². The second kappa shape index (κ2) is 4.38. The fraction of sp³-hybridized carbons (Fsp3) is 1.00. The fourth-order valence-corrected chi connectivity index (χ4v) is 1.48. The zero-order chi connectivity index (χ0) is 9.94. The van der Waals surface area contributed by atoms with Crippen LogP contribution in [0.15, 0.2) is 0 Å². The molecule has 0 heterocycles. The zero-order valence-corrected chi connectivity index (χ0v) is 9.40. The molecular weight excluding hydrogens is 172 g/mol. The van der Waals surface area contributed by atoms with Gasteiger partial charge in [0.05, 0.1) is 0 Å². The first kappa shape index (κ1) is 12.1. The van der Waals surface area contributed by atoms with Crippen molar-refractivity contribution >= 4 is 11.1 Å². The molecule has 2 atom stereocenters. The summed E-state index contributed by atoms with van der Waals surface area (Å²) in [6, 6.07) is 0. The Morgan fingerprint density at radius 1 is 1.33 bits per heavy atom. The standard InChI is InChI=1S/C9H20O2S/c1-7(2)8(3)6-9(4,5)12(10)11/h7-8H,6H2,1-5H3,(H,10,11)/p-1. The van der Waals surface area contributed by atoms with E-state index >= 15 is 0 Å². The van der Waals surface area contributed by atoms with Gasteiger partial charge in [-0.05, 0) is 43.2 Å². The summed E-state index contributed by atoms with van der Waals surface area (Å²) >= 11 is -1.96. The first-order valence-corrected chi connectivity index (χ1v) is 5.44. The lowest BCUT2D eigenvalue weighted by Crippen LogP contribution is -2.30. The molecule has 0 radical (unpaired) electrons. The van der Waals surface area contributed by atoms with Crippen LogP contribution in [0.1, 0.15) is 41.0 Å². The SMILES string of the molecule is CC(C)C(C)CC(C)(C)S(=O)[O-]. The van der Waals surface area contributed by atoms with E-state index in [1.54, 1.807) is 13.8 Å². The van der Waals surface area contributed by atoms with Gasteiger partial charge in [0.15, 0.2) is 0 Å².